The fourth-order valence-corrected chi connectivity index (χ4v) is 4.34. The van der Waals surface area contributed by atoms with E-state index in [0.717, 1.165) is 0 Å². The molecule has 28 heavy (non-hydrogen) atoms. The van der Waals surface area contributed by atoms with Crippen LogP contribution in [0.2, 0.25) is 5.02 Å². The van der Waals surface area contributed by atoms with Gasteiger partial charge in [-0.25, -0.2) is 0 Å². The van der Waals surface area contributed by atoms with Crippen LogP contribution < -0.4 is 15.4 Å². The van der Waals surface area contributed by atoms with Gasteiger partial charge in [-0.15, -0.1) is 4.40 Å². The van der Waals surface area contributed by atoms with Crippen LogP contribution in [0.3, 0.4) is 0 Å². The molecule has 0 bridgehead atoms. The maximum absolute atomic E-state index is 12.3. The molecule has 7 nitrogen and oxygen atoms in total. The molecule has 0 aliphatic carbocycles. The van der Waals surface area contributed by atoms with E-state index in [0.29, 0.717) is 34.4 Å². The van der Waals surface area contributed by atoms with E-state index in [4.69, 9.17) is 16.3 Å². The molecule has 2 N–H and O–H groups in total. The monoisotopic (exact) mass is 421 g/mol. The quantitative estimate of drug-likeness (QED) is 0.736. The number of methoxy groups -OCH3 is 1. The van der Waals surface area contributed by atoms with Crippen molar-refractivity contribution in [3.8, 4) is 5.75 Å². The van der Waals surface area contributed by atoms with Crippen LogP contribution in [0, 0.1) is 5.92 Å². The standard InChI is InChI=1S/C19H20ClN3O4S/c1-12(10-19(24)21-13-7-8-16(27-2)14(20)11-13)9-18-22-15-5-3-4-6-17(15)28(25,26)23-18/h3-8,11-12H,9-10H2,1-2H3,(H,21,24)(H,22,23). The van der Waals surface area contributed by atoms with Crippen molar-refractivity contribution >= 4 is 44.7 Å². The number of ether oxygens (including phenoxy) is 1. The summed E-state index contributed by atoms with van der Waals surface area (Å²) in [7, 11) is -2.21. The first-order valence-corrected chi connectivity index (χ1v) is 10.4. The molecule has 1 aliphatic heterocycles. The average molecular weight is 422 g/mol. The van der Waals surface area contributed by atoms with Crippen LogP contribution in [0.1, 0.15) is 19.8 Å². The predicted octanol–water partition coefficient (Wildman–Crippen LogP) is 3.92. The first-order valence-electron chi connectivity index (χ1n) is 8.62. The van der Waals surface area contributed by atoms with Crippen LogP contribution in [0.5, 0.6) is 5.75 Å². The Balaban J connectivity index is 1.61. The lowest BCUT2D eigenvalue weighted by Gasteiger charge is -2.20. The number of carbonyl (C=O) groups is 1. The lowest BCUT2D eigenvalue weighted by molar-refractivity contribution is -0.116. The largest absolute Gasteiger partial charge is 0.495 e. The van der Waals surface area contributed by atoms with Gasteiger partial charge in [0.2, 0.25) is 5.91 Å². The molecule has 2 aromatic rings. The van der Waals surface area contributed by atoms with E-state index in [1.54, 1.807) is 36.4 Å². The molecule has 0 radical (unpaired) electrons. The second-order valence-corrected chi connectivity index (χ2v) is 8.52. The zero-order chi connectivity index (χ0) is 20.3. The van der Waals surface area contributed by atoms with Crippen LogP contribution in [0.25, 0.3) is 0 Å². The van der Waals surface area contributed by atoms with Gasteiger partial charge in [-0.05, 0) is 36.2 Å². The first kappa shape index (κ1) is 20.2. The number of nitrogens with one attached hydrogen (secondary N) is 2. The van der Waals surface area contributed by atoms with E-state index in [1.807, 2.05) is 6.92 Å². The third-order valence-corrected chi connectivity index (χ3v) is 5.85. The number of halogens is 1. The highest BCUT2D eigenvalue weighted by molar-refractivity contribution is 7.90. The number of rotatable bonds is 6. The number of hydrogen-bond donors (Lipinski definition) is 2. The minimum atomic E-state index is -3.73. The van der Waals surface area contributed by atoms with E-state index in [-0.39, 0.29) is 23.1 Å². The molecule has 1 amide bonds. The van der Waals surface area contributed by atoms with E-state index >= 15 is 0 Å². The van der Waals surface area contributed by atoms with Crippen molar-refractivity contribution in [3.63, 3.8) is 0 Å². The zero-order valence-corrected chi connectivity index (χ0v) is 17.0. The van der Waals surface area contributed by atoms with Gasteiger partial charge in [-0.3, -0.25) is 4.79 Å². The molecular formula is C19H20ClN3O4S. The van der Waals surface area contributed by atoms with Gasteiger partial charge in [0.15, 0.2) is 0 Å². The number of nitrogens with zero attached hydrogens (tertiary/aromatic N) is 1. The second-order valence-electron chi connectivity index (χ2n) is 6.55. The summed E-state index contributed by atoms with van der Waals surface area (Å²) in [4.78, 5) is 12.4. The minimum Gasteiger partial charge on any atom is -0.495 e. The molecule has 1 atom stereocenters. The highest BCUT2D eigenvalue weighted by Gasteiger charge is 2.25. The third-order valence-electron chi connectivity index (χ3n) is 4.19. The Morgan fingerprint density at radius 3 is 2.75 bits per heavy atom. The lowest BCUT2D eigenvalue weighted by atomic mass is 10.0. The number of amidine groups is 1. The number of fused-ring (bicyclic) bond motifs is 1. The van der Waals surface area contributed by atoms with E-state index < -0.39 is 10.0 Å². The highest BCUT2D eigenvalue weighted by atomic mass is 35.5. The van der Waals surface area contributed by atoms with Crippen molar-refractivity contribution in [1.29, 1.82) is 0 Å². The molecule has 1 heterocycles. The number of para-hydroxylation sites is 1. The van der Waals surface area contributed by atoms with Gasteiger partial charge in [0.1, 0.15) is 16.5 Å². The van der Waals surface area contributed by atoms with Gasteiger partial charge in [-0.2, -0.15) is 8.42 Å². The van der Waals surface area contributed by atoms with Crippen LogP contribution in [-0.2, 0) is 14.8 Å². The summed E-state index contributed by atoms with van der Waals surface area (Å²) in [5.41, 5.74) is 1.06. The molecule has 2 aromatic carbocycles. The number of benzene rings is 2. The maximum atomic E-state index is 12.3. The Kier molecular flexibility index (Phi) is 5.90. The Bertz CT molecular complexity index is 1040. The second kappa shape index (κ2) is 8.20. The van der Waals surface area contributed by atoms with Crippen molar-refractivity contribution in [2.45, 2.75) is 24.7 Å². The van der Waals surface area contributed by atoms with Crippen molar-refractivity contribution < 1.29 is 17.9 Å². The Morgan fingerprint density at radius 1 is 1.29 bits per heavy atom. The fourth-order valence-electron chi connectivity index (χ4n) is 2.93. The normalized spacial score (nSPS) is 15.6. The fraction of sp³-hybridized carbons (Fsp3) is 0.263. The van der Waals surface area contributed by atoms with Gasteiger partial charge in [0.25, 0.3) is 10.0 Å². The molecule has 9 heteroatoms. The Hall–Kier alpha value is -2.58. The summed E-state index contributed by atoms with van der Waals surface area (Å²) < 4.78 is 33.5. The number of amides is 1. The van der Waals surface area contributed by atoms with Crippen molar-refractivity contribution in [2.75, 3.05) is 17.7 Å². The minimum absolute atomic E-state index is 0.125. The van der Waals surface area contributed by atoms with Gasteiger partial charge >= 0.3 is 0 Å². The summed E-state index contributed by atoms with van der Waals surface area (Å²) in [5, 5.41) is 6.21. The van der Waals surface area contributed by atoms with Crippen molar-refractivity contribution in [1.82, 2.24) is 0 Å². The summed E-state index contributed by atoms with van der Waals surface area (Å²) >= 11 is 6.06. The molecule has 1 aliphatic rings. The van der Waals surface area contributed by atoms with Crippen molar-refractivity contribution in [3.05, 3.63) is 47.5 Å². The van der Waals surface area contributed by atoms with E-state index in [1.165, 1.54) is 13.2 Å². The molecule has 0 aromatic heterocycles. The molecule has 148 valence electrons. The molecule has 0 saturated heterocycles. The van der Waals surface area contributed by atoms with Crippen LogP contribution >= 0.6 is 11.6 Å². The predicted molar refractivity (Wildman–Crippen MR) is 110 cm³/mol. The zero-order valence-electron chi connectivity index (χ0n) is 15.4. The third kappa shape index (κ3) is 4.63. The number of hydrogen-bond acceptors (Lipinski definition) is 5. The smallest absolute Gasteiger partial charge is 0.286 e. The Labute approximate surface area is 168 Å². The van der Waals surface area contributed by atoms with Crippen molar-refractivity contribution in [2.24, 2.45) is 10.3 Å². The van der Waals surface area contributed by atoms with Crippen LogP contribution in [-0.4, -0.2) is 27.3 Å². The number of carbonyl (C=O) groups excluding carboxylic acids is 1. The molecular weight excluding hydrogens is 402 g/mol. The van der Waals surface area contributed by atoms with Crippen LogP contribution in [0.4, 0.5) is 11.4 Å². The molecule has 0 saturated carbocycles. The molecule has 1 unspecified atom stereocenters. The first-order chi connectivity index (χ1) is 13.3. The summed E-state index contributed by atoms with van der Waals surface area (Å²) in [6.07, 6.45) is 0.524. The topological polar surface area (TPSA) is 96.9 Å². The van der Waals surface area contributed by atoms with Gasteiger partial charge in [0.05, 0.1) is 17.8 Å². The van der Waals surface area contributed by atoms with E-state index in [2.05, 4.69) is 15.0 Å². The molecule has 0 spiro atoms. The molecule has 3 rings (SSSR count). The lowest BCUT2D eigenvalue weighted by Crippen LogP contribution is -2.25. The van der Waals surface area contributed by atoms with Gasteiger partial charge in [-0.1, -0.05) is 30.7 Å². The molecule has 0 fully saturated rings. The van der Waals surface area contributed by atoms with Crippen LogP contribution in [0.15, 0.2) is 51.8 Å². The SMILES string of the molecule is COc1ccc(NC(=O)CC(C)CC2=NS(=O)(=O)c3ccccc3N2)cc1Cl. The number of sulfonamides is 1. The average Bonchev–Trinajstić information content (AvgIpc) is 2.61. The highest BCUT2D eigenvalue weighted by Crippen LogP contribution is 2.29. The summed E-state index contributed by atoms with van der Waals surface area (Å²) in [6, 6.07) is 11.6. The van der Waals surface area contributed by atoms with Gasteiger partial charge in [0, 0.05) is 18.5 Å². The summed E-state index contributed by atoms with van der Waals surface area (Å²) in [5.74, 6) is 0.524. The van der Waals surface area contributed by atoms with Gasteiger partial charge < -0.3 is 15.4 Å². The Morgan fingerprint density at radius 2 is 2.04 bits per heavy atom. The summed E-state index contributed by atoms with van der Waals surface area (Å²) in [6.45, 7) is 1.86. The maximum Gasteiger partial charge on any atom is 0.286 e. The number of anilines is 2. The van der Waals surface area contributed by atoms with E-state index in [9.17, 15) is 13.2 Å².